The maximum Gasteiger partial charge on any atom is 0.167 e. The zero-order chi connectivity index (χ0) is 15.5. The van der Waals surface area contributed by atoms with Crippen LogP contribution >= 0.6 is 11.6 Å². The van der Waals surface area contributed by atoms with Gasteiger partial charge in [0.15, 0.2) is 11.0 Å². The number of benzene rings is 1. The summed E-state index contributed by atoms with van der Waals surface area (Å²) in [6.07, 6.45) is 1.57. The van der Waals surface area contributed by atoms with Crippen molar-refractivity contribution in [3.05, 3.63) is 52.8 Å². The Morgan fingerprint density at radius 2 is 2.05 bits per heavy atom. The zero-order valence-electron chi connectivity index (χ0n) is 11.3. The number of nitrogens with two attached hydrogens (primary N) is 1. The fourth-order valence-electron chi connectivity index (χ4n) is 1.97. The maximum absolute atomic E-state index is 9.44. The third-order valence-corrected chi connectivity index (χ3v) is 3.19. The molecule has 110 valence electrons. The fourth-order valence-corrected chi connectivity index (χ4v) is 2.07. The predicted octanol–water partition coefficient (Wildman–Crippen LogP) is 1.72. The molecule has 1 aliphatic rings. The Hall–Kier alpha value is -2.80. The first-order valence-corrected chi connectivity index (χ1v) is 6.74. The molecule has 0 spiro atoms. The van der Waals surface area contributed by atoms with Gasteiger partial charge in [0.2, 0.25) is 0 Å². The van der Waals surface area contributed by atoms with Gasteiger partial charge in [-0.1, -0.05) is 23.7 Å². The first kappa shape index (κ1) is 14.2. The summed E-state index contributed by atoms with van der Waals surface area (Å²) in [7, 11) is 0. The van der Waals surface area contributed by atoms with Crippen LogP contribution in [0.5, 0.6) is 5.75 Å². The van der Waals surface area contributed by atoms with Gasteiger partial charge in [0.1, 0.15) is 17.5 Å². The van der Waals surface area contributed by atoms with Gasteiger partial charge in [-0.3, -0.25) is 0 Å². The van der Waals surface area contributed by atoms with Crippen LogP contribution in [-0.2, 0) is 0 Å². The van der Waals surface area contributed by atoms with Crippen LogP contribution in [0.25, 0.3) is 0 Å². The molecule has 0 saturated heterocycles. The molecular formula is C14H11ClN6O. The van der Waals surface area contributed by atoms with Crippen molar-refractivity contribution in [3.63, 3.8) is 0 Å². The number of phenols is 1. The number of amidine groups is 2. The maximum atomic E-state index is 9.44. The summed E-state index contributed by atoms with van der Waals surface area (Å²) in [5, 5.41) is 25.3. The molecule has 2 heterocycles. The monoisotopic (exact) mass is 314 g/mol. The quantitative estimate of drug-likeness (QED) is 0.822. The summed E-state index contributed by atoms with van der Waals surface area (Å²) in [6, 6.07) is 10.0. The van der Waals surface area contributed by atoms with Crippen molar-refractivity contribution < 1.29 is 5.11 Å². The SMILES string of the molecule is NC1=NN=C(N=Cc2cccc(O)c2)C1c1ccc(Cl)nn1. The van der Waals surface area contributed by atoms with Crippen molar-refractivity contribution in [1.82, 2.24) is 10.2 Å². The lowest BCUT2D eigenvalue weighted by Crippen LogP contribution is -2.25. The van der Waals surface area contributed by atoms with Crippen LogP contribution in [-0.4, -0.2) is 33.2 Å². The molecule has 0 saturated carbocycles. The van der Waals surface area contributed by atoms with Gasteiger partial charge >= 0.3 is 0 Å². The highest BCUT2D eigenvalue weighted by Gasteiger charge is 2.28. The molecule has 1 aromatic heterocycles. The van der Waals surface area contributed by atoms with E-state index < -0.39 is 5.92 Å². The van der Waals surface area contributed by atoms with E-state index >= 15 is 0 Å². The van der Waals surface area contributed by atoms with Crippen molar-refractivity contribution in [2.24, 2.45) is 20.9 Å². The number of nitrogens with zero attached hydrogens (tertiary/aromatic N) is 5. The van der Waals surface area contributed by atoms with E-state index in [2.05, 4.69) is 25.4 Å². The lowest BCUT2D eigenvalue weighted by atomic mass is 10.0. The molecule has 7 nitrogen and oxygen atoms in total. The minimum Gasteiger partial charge on any atom is -0.508 e. The molecular weight excluding hydrogens is 304 g/mol. The second kappa shape index (κ2) is 5.90. The average molecular weight is 315 g/mol. The highest BCUT2D eigenvalue weighted by molar-refractivity contribution is 6.29. The topological polar surface area (TPSA) is 109 Å². The van der Waals surface area contributed by atoms with Crippen LogP contribution in [0.2, 0.25) is 5.15 Å². The van der Waals surface area contributed by atoms with Gasteiger partial charge in [0.25, 0.3) is 0 Å². The molecule has 3 N–H and O–H groups in total. The van der Waals surface area contributed by atoms with E-state index in [4.69, 9.17) is 17.3 Å². The normalized spacial score (nSPS) is 17.6. The predicted molar refractivity (Wildman–Crippen MR) is 84.5 cm³/mol. The number of rotatable bonds is 2. The standard InChI is InChI=1S/C14H11ClN6O/c15-11-5-4-10(18-19-11)12-13(16)20-21-14(12)17-7-8-2-1-3-9(22)6-8/h1-7,12,22H,(H2,16,20). The molecule has 0 fully saturated rings. The molecule has 1 aromatic carbocycles. The Morgan fingerprint density at radius 1 is 1.18 bits per heavy atom. The summed E-state index contributed by atoms with van der Waals surface area (Å²) >= 11 is 5.73. The molecule has 0 amide bonds. The molecule has 1 atom stereocenters. The first-order chi connectivity index (χ1) is 10.6. The van der Waals surface area contributed by atoms with Crippen molar-refractivity contribution in [1.29, 1.82) is 0 Å². The first-order valence-electron chi connectivity index (χ1n) is 6.36. The van der Waals surface area contributed by atoms with Crippen LogP contribution < -0.4 is 5.73 Å². The number of halogens is 1. The molecule has 2 aromatic rings. The van der Waals surface area contributed by atoms with Gasteiger partial charge in [-0.05, 0) is 29.8 Å². The molecule has 3 rings (SSSR count). The molecule has 8 heteroatoms. The van der Waals surface area contributed by atoms with Crippen LogP contribution in [0, 0.1) is 0 Å². The van der Waals surface area contributed by atoms with Gasteiger partial charge in [0, 0.05) is 6.21 Å². The minimum atomic E-state index is -0.460. The minimum absolute atomic E-state index is 0.160. The van der Waals surface area contributed by atoms with Gasteiger partial charge < -0.3 is 10.8 Å². The molecule has 0 aliphatic carbocycles. The van der Waals surface area contributed by atoms with Gasteiger partial charge in [-0.2, -0.15) is 5.10 Å². The number of phenolic OH excluding ortho intramolecular Hbond substituents is 1. The van der Waals surface area contributed by atoms with E-state index in [0.29, 0.717) is 22.5 Å². The summed E-state index contributed by atoms with van der Waals surface area (Å²) in [6.45, 7) is 0. The van der Waals surface area contributed by atoms with E-state index in [1.807, 2.05) is 0 Å². The van der Waals surface area contributed by atoms with E-state index in [9.17, 15) is 5.11 Å². The molecule has 1 aliphatic heterocycles. The fraction of sp³-hybridized carbons (Fsp3) is 0.0714. The third-order valence-electron chi connectivity index (χ3n) is 2.99. The van der Waals surface area contributed by atoms with Gasteiger partial charge in [0.05, 0.1) is 5.69 Å². The number of aromatic nitrogens is 2. The Morgan fingerprint density at radius 3 is 2.77 bits per heavy atom. The number of aliphatic imine (C=N–C) groups is 1. The van der Waals surface area contributed by atoms with E-state index in [1.54, 1.807) is 42.6 Å². The Labute approximate surface area is 130 Å². The average Bonchev–Trinajstić information content (AvgIpc) is 2.87. The van der Waals surface area contributed by atoms with Crippen molar-refractivity contribution in [2.75, 3.05) is 0 Å². The van der Waals surface area contributed by atoms with Crippen molar-refractivity contribution >= 4 is 29.5 Å². The smallest absolute Gasteiger partial charge is 0.167 e. The third kappa shape index (κ3) is 2.94. The van der Waals surface area contributed by atoms with Gasteiger partial charge in [-0.25, -0.2) is 4.99 Å². The molecule has 1 unspecified atom stereocenters. The molecule has 0 radical (unpaired) electrons. The molecule has 22 heavy (non-hydrogen) atoms. The van der Waals surface area contributed by atoms with Crippen LogP contribution in [0.1, 0.15) is 17.2 Å². The Balaban J connectivity index is 1.86. The lowest BCUT2D eigenvalue weighted by molar-refractivity contribution is 0.475. The van der Waals surface area contributed by atoms with Gasteiger partial charge in [-0.15, -0.1) is 15.3 Å². The summed E-state index contributed by atoms with van der Waals surface area (Å²) in [5.74, 6) is 0.392. The second-order valence-corrected chi connectivity index (χ2v) is 4.94. The highest BCUT2D eigenvalue weighted by atomic mass is 35.5. The zero-order valence-corrected chi connectivity index (χ0v) is 12.0. The Kier molecular flexibility index (Phi) is 3.80. The number of aromatic hydroxyl groups is 1. The van der Waals surface area contributed by atoms with Crippen molar-refractivity contribution in [2.45, 2.75) is 5.92 Å². The van der Waals surface area contributed by atoms with E-state index in [1.165, 1.54) is 0 Å². The Bertz CT molecular complexity index is 784. The summed E-state index contributed by atoms with van der Waals surface area (Å²) < 4.78 is 0. The highest BCUT2D eigenvalue weighted by Crippen LogP contribution is 2.22. The van der Waals surface area contributed by atoms with Crippen molar-refractivity contribution in [3.8, 4) is 5.75 Å². The van der Waals surface area contributed by atoms with E-state index in [-0.39, 0.29) is 5.75 Å². The van der Waals surface area contributed by atoms with Crippen LogP contribution in [0.4, 0.5) is 0 Å². The van der Waals surface area contributed by atoms with Crippen LogP contribution in [0.3, 0.4) is 0 Å². The lowest BCUT2D eigenvalue weighted by Gasteiger charge is -2.08. The summed E-state index contributed by atoms with van der Waals surface area (Å²) in [4.78, 5) is 4.28. The van der Waals surface area contributed by atoms with Crippen LogP contribution in [0.15, 0.2) is 51.6 Å². The molecule has 0 bridgehead atoms. The van der Waals surface area contributed by atoms with E-state index in [0.717, 1.165) is 5.56 Å². The largest absolute Gasteiger partial charge is 0.508 e. The number of hydrogen-bond donors (Lipinski definition) is 2. The number of hydrogen-bond acceptors (Lipinski definition) is 7. The summed E-state index contributed by atoms with van der Waals surface area (Å²) in [5.41, 5.74) is 7.15. The second-order valence-electron chi connectivity index (χ2n) is 4.55.